The summed E-state index contributed by atoms with van der Waals surface area (Å²) in [5.41, 5.74) is 2.33. The standard InChI is InChI=1S/C16H17N3O/c1-16(2,3)20-15-11-7-6-10-14(15)19-17-12-8-4-5-9-13(12)18-19/h4-11H,1-3H3. The van der Waals surface area contributed by atoms with E-state index in [-0.39, 0.29) is 5.60 Å². The predicted molar refractivity (Wildman–Crippen MR) is 79.2 cm³/mol. The first-order valence-corrected chi connectivity index (χ1v) is 6.63. The molecule has 0 radical (unpaired) electrons. The van der Waals surface area contributed by atoms with Gasteiger partial charge in [-0.2, -0.15) is 0 Å². The van der Waals surface area contributed by atoms with Crippen LogP contribution in [0.1, 0.15) is 20.8 Å². The Morgan fingerprint density at radius 1 is 0.850 bits per heavy atom. The van der Waals surface area contributed by atoms with E-state index in [0.717, 1.165) is 22.5 Å². The molecule has 102 valence electrons. The van der Waals surface area contributed by atoms with Gasteiger partial charge in [-0.25, -0.2) is 0 Å². The normalized spacial score (nSPS) is 11.8. The highest BCUT2D eigenvalue weighted by Gasteiger charge is 2.16. The second-order valence-corrected chi connectivity index (χ2v) is 5.66. The van der Waals surface area contributed by atoms with Gasteiger partial charge in [0.25, 0.3) is 0 Å². The summed E-state index contributed by atoms with van der Waals surface area (Å²) >= 11 is 0. The maximum atomic E-state index is 5.98. The van der Waals surface area contributed by atoms with Crippen LogP contribution >= 0.6 is 0 Å². The molecule has 0 saturated carbocycles. The van der Waals surface area contributed by atoms with Crippen molar-refractivity contribution in [3.8, 4) is 11.4 Å². The lowest BCUT2D eigenvalue weighted by Crippen LogP contribution is -2.23. The number of rotatable bonds is 2. The summed E-state index contributed by atoms with van der Waals surface area (Å²) in [4.78, 5) is 1.63. The quantitative estimate of drug-likeness (QED) is 0.712. The van der Waals surface area contributed by atoms with Gasteiger partial charge in [-0.1, -0.05) is 24.3 Å². The first kappa shape index (κ1) is 12.7. The van der Waals surface area contributed by atoms with E-state index in [0.29, 0.717) is 0 Å². The average Bonchev–Trinajstić information content (AvgIpc) is 2.81. The van der Waals surface area contributed by atoms with Gasteiger partial charge in [0.05, 0.1) is 0 Å². The van der Waals surface area contributed by atoms with Gasteiger partial charge in [0.15, 0.2) is 0 Å². The fourth-order valence-electron chi connectivity index (χ4n) is 2.01. The molecule has 1 heterocycles. The second kappa shape index (κ2) is 4.63. The van der Waals surface area contributed by atoms with Gasteiger partial charge in [0.1, 0.15) is 28.1 Å². The molecule has 4 nitrogen and oxygen atoms in total. The van der Waals surface area contributed by atoms with Crippen molar-refractivity contribution in [2.75, 3.05) is 0 Å². The van der Waals surface area contributed by atoms with Crippen LogP contribution in [0.15, 0.2) is 48.5 Å². The smallest absolute Gasteiger partial charge is 0.147 e. The van der Waals surface area contributed by atoms with Crippen molar-refractivity contribution < 1.29 is 4.74 Å². The van der Waals surface area contributed by atoms with Gasteiger partial charge in [0, 0.05) is 0 Å². The highest BCUT2D eigenvalue weighted by Crippen LogP contribution is 2.26. The summed E-state index contributed by atoms with van der Waals surface area (Å²) in [6.07, 6.45) is 0. The largest absolute Gasteiger partial charge is 0.486 e. The van der Waals surface area contributed by atoms with Crippen LogP contribution in [0.2, 0.25) is 0 Å². The maximum Gasteiger partial charge on any atom is 0.147 e. The lowest BCUT2D eigenvalue weighted by Gasteiger charge is -2.22. The molecule has 2 aromatic carbocycles. The van der Waals surface area contributed by atoms with E-state index in [1.165, 1.54) is 0 Å². The average molecular weight is 267 g/mol. The number of ether oxygens (including phenoxy) is 1. The Hall–Kier alpha value is -2.36. The Labute approximate surface area is 118 Å². The molecule has 1 aromatic heterocycles. The minimum atomic E-state index is -0.261. The van der Waals surface area contributed by atoms with Gasteiger partial charge in [-0.3, -0.25) is 0 Å². The Morgan fingerprint density at radius 2 is 1.40 bits per heavy atom. The minimum Gasteiger partial charge on any atom is -0.486 e. The van der Waals surface area contributed by atoms with Crippen molar-refractivity contribution in [2.24, 2.45) is 0 Å². The fourth-order valence-corrected chi connectivity index (χ4v) is 2.01. The molecule has 0 amide bonds. The molecule has 0 N–H and O–H groups in total. The predicted octanol–water partition coefficient (Wildman–Crippen LogP) is 3.60. The Balaban J connectivity index is 2.09. The van der Waals surface area contributed by atoms with Crippen LogP contribution in [-0.4, -0.2) is 20.6 Å². The van der Waals surface area contributed by atoms with E-state index in [1.807, 2.05) is 69.3 Å². The highest BCUT2D eigenvalue weighted by atomic mass is 16.5. The van der Waals surface area contributed by atoms with Gasteiger partial charge in [0.2, 0.25) is 0 Å². The lowest BCUT2D eigenvalue weighted by molar-refractivity contribution is 0.130. The SMILES string of the molecule is CC(C)(C)Oc1ccccc1-n1nc2ccccc2n1. The number of nitrogens with zero attached hydrogens (tertiary/aromatic N) is 3. The van der Waals surface area contributed by atoms with E-state index in [4.69, 9.17) is 4.74 Å². The molecule has 0 aliphatic rings. The van der Waals surface area contributed by atoms with Gasteiger partial charge in [-0.05, 0) is 45.0 Å². The third kappa shape index (κ3) is 2.50. The van der Waals surface area contributed by atoms with Crippen molar-refractivity contribution in [2.45, 2.75) is 26.4 Å². The summed E-state index contributed by atoms with van der Waals surface area (Å²) in [5, 5.41) is 9.00. The number of para-hydroxylation sites is 2. The fraction of sp³-hybridized carbons (Fsp3) is 0.250. The minimum absolute atomic E-state index is 0.261. The van der Waals surface area contributed by atoms with Crippen LogP contribution in [-0.2, 0) is 0 Å². The van der Waals surface area contributed by atoms with Gasteiger partial charge >= 0.3 is 0 Å². The molecule has 0 saturated heterocycles. The molecule has 0 aliphatic heterocycles. The van der Waals surface area contributed by atoms with E-state index < -0.39 is 0 Å². The van der Waals surface area contributed by atoms with Crippen LogP contribution in [0.25, 0.3) is 16.7 Å². The molecule has 0 aliphatic carbocycles. The molecule has 20 heavy (non-hydrogen) atoms. The monoisotopic (exact) mass is 267 g/mol. The molecule has 4 heteroatoms. The zero-order valence-corrected chi connectivity index (χ0v) is 11.9. The molecular formula is C16H17N3O. The number of benzene rings is 2. The van der Waals surface area contributed by atoms with Gasteiger partial charge < -0.3 is 4.74 Å². The highest BCUT2D eigenvalue weighted by molar-refractivity contribution is 5.73. The molecular weight excluding hydrogens is 250 g/mol. The van der Waals surface area contributed by atoms with Crippen LogP contribution < -0.4 is 4.74 Å². The van der Waals surface area contributed by atoms with E-state index in [1.54, 1.807) is 4.80 Å². The summed E-state index contributed by atoms with van der Waals surface area (Å²) < 4.78 is 5.98. The molecule has 0 bridgehead atoms. The maximum absolute atomic E-state index is 5.98. The summed E-state index contributed by atoms with van der Waals surface area (Å²) in [6, 6.07) is 15.6. The topological polar surface area (TPSA) is 39.9 Å². The van der Waals surface area contributed by atoms with Crippen molar-refractivity contribution in [1.82, 2.24) is 15.0 Å². The third-order valence-electron chi connectivity index (χ3n) is 2.78. The Morgan fingerprint density at radius 3 is 2.00 bits per heavy atom. The van der Waals surface area contributed by atoms with Crippen molar-refractivity contribution in [1.29, 1.82) is 0 Å². The van der Waals surface area contributed by atoms with Crippen LogP contribution in [0.5, 0.6) is 5.75 Å². The molecule has 0 fully saturated rings. The number of hydrogen-bond donors (Lipinski definition) is 0. The Kier molecular flexibility index (Phi) is 2.93. The van der Waals surface area contributed by atoms with Crippen molar-refractivity contribution in [3.05, 3.63) is 48.5 Å². The number of aromatic nitrogens is 3. The first-order chi connectivity index (χ1) is 9.53. The molecule has 0 spiro atoms. The summed E-state index contributed by atoms with van der Waals surface area (Å²) in [7, 11) is 0. The van der Waals surface area contributed by atoms with E-state index in [2.05, 4.69) is 10.2 Å². The summed E-state index contributed by atoms with van der Waals surface area (Å²) in [5.74, 6) is 0.778. The molecule has 0 atom stereocenters. The lowest BCUT2D eigenvalue weighted by atomic mass is 10.2. The van der Waals surface area contributed by atoms with Crippen LogP contribution in [0.4, 0.5) is 0 Å². The third-order valence-corrected chi connectivity index (χ3v) is 2.78. The zero-order valence-electron chi connectivity index (χ0n) is 11.9. The van der Waals surface area contributed by atoms with Gasteiger partial charge in [-0.15, -0.1) is 15.0 Å². The van der Waals surface area contributed by atoms with Crippen molar-refractivity contribution >= 4 is 11.0 Å². The van der Waals surface area contributed by atoms with E-state index in [9.17, 15) is 0 Å². The van der Waals surface area contributed by atoms with Crippen LogP contribution in [0.3, 0.4) is 0 Å². The van der Waals surface area contributed by atoms with E-state index >= 15 is 0 Å². The summed E-state index contributed by atoms with van der Waals surface area (Å²) in [6.45, 7) is 6.07. The van der Waals surface area contributed by atoms with Crippen molar-refractivity contribution in [3.63, 3.8) is 0 Å². The zero-order chi connectivity index (χ0) is 14.2. The molecule has 3 aromatic rings. The molecule has 3 rings (SSSR count). The number of hydrogen-bond acceptors (Lipinski definition) is 3. The molecule has 0 unspecified atom stereocenters. The first-order valence-electron chi connectivity index (χ1n) is 6.63. The number of fused-ring (bicyclic) bond motifs is 1. The Bertz CT molecular complexity index is 708. The van der Waals surface area contributed by atoms with Crippen LogP contribution in [0, 0.1) is 0 Å². The second-order valence-electron chi connectivity index (χ2n) is 5.66.